The van der Waals surface area contributed by atoms with E-state index in [-0.39, 0.29) is 49.6 Å². The first-order valence-electron chi connectivity index (χ1n) is 10.7. The summed E-state index contributed by atoms with van der Waals surface area (Å²) in [5.74, 6) is -0.241. The maximum absolute atomic E-state index is 13.2. The molecule has 2 aromatic rings. The molecule has 0 aromatic heterocycles. The predicted octanol–water partition coefficient (Wildman–Crippen LogP) is 4.08. The smallest absolute Gasteiger partial charge is 0.324 e. The molecule has 12 heteroatoms. The third-order valence-electron chi connectivity index (χ3n) is 5.29. The molecule has 1 N–H and O–H groups in total. The summed E-state index contributed by atoms with van der Waals surface area (Å²) in [5.41, 5.74) is 1.86. The van der Waals surface area contributed by atoms with E-state index in [0.29, 0.717) is 22.3 Å². The number of benzene rings is 2. The van der Waals surface area contributed by atoms with Gasteiger partial charge in [-0.3, -0.25) is 34.5 Å². The van der Waals surface area contributed by atoms with Gasteiger partial charge in [-0.05, 0) is 54.5 Å². The van der Waals surface area contributed by atoms with Gasteiger partial charge in [-0.1, -0.05) is 0 Å². The van der Waals surface area contributed by atoms with Crippen molar-refractivity contribution in [3.63, 3.8) is 0 Å². The van der Waals surface area contributed by atoms with Crippen LogP contribution in [0.5, 0.6) is 0 Å². The van der Waals surface area contributed by atoms with Crippen molar-refractivity contribution in [2.45, 2.75) is 6.92 Å². The van der Waals surface area contributed by atoms with Gasteiger partial charge in [-0.25, -0.2) is 0 Å². The van der Waals surface area contributed by atoms with E-state index < -0.39 is 17.4 Å². The Labute approximate surface area is 201 Å². The average molecular weight is 501 g/mol. The Morgan fingerprint density at radius 3 is 1.74 bits per heavy atom. The molecule has 0 amide bonds. The minimum absolute atomic E-state index is 0.0721. The van der Waals surface area contributed by atoms with Gasteiger partial charge in [0.15, 0.2) is 5.78 Å². The standard InChI is InChI=1S/C23H24N3O8P/c1-2-34-35(32,33)12-11-24-15-19(13-17-3-7-21(8-4-17)25(28)29)23(27)20(16-24)14-18-5-9-22(10-6-18)26(30)31/h3-10,13-14H,2,11-12,15-16H2,1H3,(H,32,33)/b19-13+,20-14+. The van der Waals surface area contributed by atoms with Gasteiger partial charge in [0.2, 0.25) is 0 Å². The lowest BCUT2D eigenvalue weighted by atomic mass is 9.94. The van der Waals surface area contributed by atoms with Gasteiger partial charge in [0.1, 0.15) is 0 Å². The van der Waals surface area contributed by atoms with E-state index in [1.807, 2.05) is 4.90 Å². The average Bonchev–Trinajstić information content (AvgIpc) is 2.81. The number of hydrogen-bond donors (Lipinski definition) is 1. The molecule has 0 radical (unpaired) electrons. The molecule has 0 saturated carbocycles. The second-order valence-corrected chi connectivity index (χ2v) is 9.84. The van der Waals surface area contributed by atoms with Crippen LogP contribution in [-0.4, -0.2) is 57.8 Å². The zero-order valence-electron chi connectivity index (χ0n) is 18.9. The summed E-state index contributed by atoms with van der Waals surface area (Å²) in [5, 5.41) is 21.8. The lowest BCUT2D eigenvalue weighted by molar-refractivity contribution is -0.385. The minimum Gasteiger partial charge on any atom is -0.324 e. The Morgan fingerprint density at radius 1 is 0.943 bits per heavy atom. The van der Waals surface area contributed by atoms with E-state index >= 15 is 0 Å². The fraction of sp³-hybridized carbons (Fsp3) is 0.261. The summed E-state index contributed by atoms with van der Waals surface area (Å²) in [7, 11) is -3.77. The molecule has 1 fully saturated rings. The molecular weight excluding hydrogens is 477 g/mol. The summed E-state index contributed by atoms with van der Waals surface area (Å²) in [6.07, 6.45) is 3.14. The van der Waals surface area contributed by atoms with Crippen molar-refractivity contribution in [1.29, 1.82) is 0 Å². The summed E-state index contributed by atoms with van der Waals surface area (Å²) >= 11 is 0. The summed E-state index contributed by atoms with van der Waals surface area (Å²) in [6.45, 7) is 2.33. The molecule has 0 bridgehead atoms. The van der Waals surface area contributed by atoms with Crippen LogP contribution in [0, 0.1) is 20.2 Å². The third-order valence-corrected chi connectivity index (χ3v) is 6.72. The number of carbonyl (C=O) groups excluding carboxylic acids is 1. The molecule has 1 unspecified atom stereocenters. The van der Waals surface area contributed by atoms with E-state index in [9.17, 15) is 34.5 Å². The summed E-state index contributed by atoms with van der Waals surface area (Å²) in [6, 6.07) is 11.5. The van der Waals surface area contributed by atoms with Gasteiger partial charge < -0.3 is 9.42 Å². The highest BCUT2D eigenvalue weighted by Gasteiger charge is 2.28. The fourth-order valence-electron chi connectivity index (χ4n) is 3.59. The monoisotopic (exact) mass is 501 g/mol. The first kappa shape index (κ1) is 26.1. The zero-order chi connectivity index (χ0) is 25.6. The van der Waals surface area contributed by atoms with Crippen LogP contribution >= 0.6 is 7.60 Å². The third kappa shape index (κ3) is 7.24. The number of nitro groups is 2. The number of nitro benzene ring substituents is 2. The molecule has 184 valence electrons. The summed E-state index contributed by atoms with van der Waals surface area (Å²) in [4.78, 5) is 45.8. The van der Waals surface area contributed by atoms with Crippen molar-refractivity contribution in [1.82, 2.24) is 4.90 Å². The van der Waals surface area contributed by atoms with Crippen LogP contribution in [0.4, 0.5) is 11.4 Å². The van der Waals surface area contributed by atoms with Crippen molar-refractivity contribution >= 4 is 36.9 Å². The highest BCUT2D eigenvalue weighted by atomic mass is 31.2. The number of piperidine rings is 1. The van der Waals surface area contributed by atoms with Crippen molar-refractivity contribution in [2.75, 3.05) is 32.4 Å². The number of non-ortho nitro benzene ring substituents is 2. The van der Waals surface area contributed by atoms with E-state index in [1.54, 1.807) is 19.1 Å². The Kier molecular flexibility index (Phi) is 8.42. The van der Waals surface area contributed by atoms with Crippen molar-refractivity contribution in [3.8, 4) is 0 Å². The van der Waals surface area contributed by atoms with Crippen LogP contribution in [0.3, 0.4) is 0 Å². The molecular formula is C23H24N3O8P. The van der Waals surface area contributed by atoms with Crippen molar-refractivity contribution < 1.29 is 28.6 Å². The molecule has 1 aliphatic rings. The topological polar surface area (TPSA) is 153 Å². The molecule has 2 aromatic carbocycles. The van der Waals surface area contributed by atoms with Crippen LogP contribution in [0.1, 0.15) is 18.1 Å². The largest absolute Gasteiger partial charge is 0.329 e. The second-order valence-electron chi connectivity index (χ2n) is 7.86. The van der Waals surface area contributed by atoms with Crippen LogP contribution in [-0.2, 0) is 13.9 Å². The number of carbonyl (C=O) groups is 1. The van der Waals surface area contributed by atoms with Crippen LogP contribution < -0.4 is 0 Å². The Morgan fingerprint density at radius 2 is 1.37 bits per heavy atom. The quantitative estimate of drug-likeness (QED) is 0.232. The minimum atomic E-state index is -3.77. The Hall–Kier alpha value is -3.50. The maximum Gasteiger partial charge on any atom is 0.329 e. The van der Waals surface area contributed by atoms with Gasteiger partial charge in [-0.2, -0.15) is 0 Å². The van der Waals surface area contributed by atoms with Gasteiger partial charge >= 0.3 is 7.60 Å². The molecule has 11 nitrogen and oxygen atoms in total. The fourth-order valence-corrected chi connectivity index (χ4v) is 4.66. The van der Waals surface area contributed by atoms with Gasteiger partial charge in [0, 0.05) is 55.0 Å². The van der Waals surface area contributed by atoms with Crippen molar-refractivity contribution in [3.05, 3.63) is 91.0 Å². The van der Waals surface area contributed by atoms with Crippen LogP contribution in [0.25, 0.3) is 12.2 Å². The zero-order valence-corrected chi connectivity index (χ0v) is 19.8. The Balaban J connectivity index is 1.91. The molecule has 35 heavy (non-hydrogen) atoms. The highest BCUT2D eigenvalue weighted by Crippen LogP contribution is 2.41. The molecule has 1 atom stereocenters. The lowest BCUT2D eigenvalue weighted by Gasteiger charge is -2.30. The molecule has 1 aliphatic heterocycles. The van der Waals surface area contributed by atoms with Crippen LogP contribution in [0.2, 0.25) is 0 Å². The first-order valence-corrected chi connectivity index (χ1v) is 12.5. The van der Waals surface area contributed by atoms with Gasteiger partial charge in [-0.15, -0.1) is 0 Å². The number of rotatable bonds is 9. The number of likely N-dealkylation sites (tertiary alicyclic amines) is 1. The molecule has 1 heterocycles. The number of Topliss-reactive ketones (excluding diaryl/α,β-unsaturated/α-hetero) is 1. The van der Waals surface area contributed by atoms with Gasteiger partial charge in [0.05, 0.1) is 22.6 Å². The molecule has 1 saturated heterocycles. The van der Waals surface area contributed by atoms with E-state index in [0.717, 1.165) is 0 Å². The van der Waals surface area contributed by atoms with Gasteiger partial charge in [0.25, 0.3) is 11.4 Å². The van der Waals surface area contributed by atoms with E-state index in [1.165, 1.54) is 48.5 Å². The SMILES string of the molecule is CCOP(=O)(O)CCN1C/C(=C\c2ccc([N+](=O)[O-])cc2)C(=O)/C(=C/c2ccc([N+](=O)[O-])cc2)C1. The number of hydrogen-bond acceptors (Lipinski definition) is 8. The number of nitrogens with zero attached hydrogens (tertiary/aromatic N) is 3. The molecule has 3 rings (SSSR count). The van der Waals surface area contributed by atoms with E-state index in [4.69, 9.17) is 4.52 Å². The lowest BCUT2D eigenvalue weighted by Crippen LogP contribution is -2.39. The highest BCUT2D eigenvalue weighted by molar-refractivity contribution is 7.52. The molecule has 0 aliphatic carbocycles. The van der Waals surface area contributed by atoms with Crippen molar-refractivity contribution in [2.24, 2.45) is 0 Å². The maximum atomic E-state index is 13.2. The normalized spacial score (nSPS) is 18.5. The first-order chi connectivity index (χ1) is 16.6. The molecule has 0 spiro atoms. The summed E-state index contributed by atoms with van der Waals surface area (Å²) < 4.78 is 17.1. The predicted molar refractivity (Wildman–Crippen MR) is 130 cm³/mol. The second kappa shape index (κ2) is 11.3. The number of ketones is 1. The van der Waals surface area contributed by atoms with E-state index in [2.05, 4.69) is 0 Å². The Bertz CT molecular complexity index is 1140. The van der Waals surface area contributed by atoms with Crippen LogP contribution in [0.15, 0.2) is 59.7 Å².